The highest BCUT2D eigenvalue weighted by Crippen LogP contribution is 2.50. The van der Waals surface area contributed by atoms with E-state index in [2.05, 4.69) is 118 Å². The molecule has 0 aliphatic carbocycles. The normalized spacial score (nSPS) is 25.0. The van der Waals surface area contributed by atoms with Crippen LogP contribution in [-0.2, 0) is 33.3 Å². The van der Waals surface area contributed by atoms with Gasteiger partial charge in [0, 0.05) is 17.6 Å². The van der Waals surface area contributed by atoms with Crippen molar-refractivity contribution in [3.63, 3.8) is 0 Å². The second-order valence-corrected chi connectivity index (χ2v) is 31.2. The molecule has 0 unspecified atom stereocenters. The van der Waals surface area contributed by atoms with Crippen molar-refractivity contribution in [3.8, 4) is 0 Å². The van der Waals surface area contributed by atoms with E-state index in [1.807, 2.05) is 12.1 Å². The number of esters is 1. The van der Waals surface area contributed by atoms with Gasteiger partial charge in [-0.25, -0.2) is 0 Å². The lowest BCUT2D eigenvalue weighted by atomic mass is 10.0. The molecule has 1 aromatic rings. The Labute approximate surface area is 261 Å². The van der Waals surface area contributed by atoms with Gasteiger partial charge in [0.1, 0.15) is 24.0 Å². The molecule has 2 heterocycles. The predicted octanol–water partition coefficient (Wildman–Crippen LogP) is 8.76. The first-order valence-corrected chi connectivity index (χ1v) is 24.2. The van der Waals surface area contributed by atoms with Crippen LogP contribution in [0.15, 0.2) is 22.8 Å². The van der Waals surface area contributed by atoms with Gasteiger partial charge in [-0.15, -0.1) is 0 Å². The van der Waals surface area contributed by atoms with E-state index in [0.717, 1.165) is 4.47 Å². The van der Waals surface area contributed by atoms with E-state index in [-0.39, 0.29) is 15.1 Å². The Bertz CT molecular complexity index is 1060. The third-order valence-corrected chi connectivity index (χ3v) is 23.5. The van der Waals surface area contributed by atoms with Crippen LogP contribution in [0.1, 0.15) is 74.9 Å². The van der Waals surface area contributed by atoms with E-state index < -0.39 is 55.0 Å². The predicted molar refractivity (Wildman–Crippen MR) is 178 cm³/mol. The van der Waals surface area contributed by atoms with Crippen molar-refractivity contribution in [2.75, 3.05) is 6.61 Å². The summed E-state index contributed by atoms with van der Waals surface area (Å²) < 4.78 is 35.1. The molecular formula is C30H56BrNO6Si3. The Morgan fingerprint density at radius 1 is 0.878 bits per heavy atom. The Balaban J connectivity index is 2.83. The maximum absolute atomic E-state index is 12.8. The van der Waals surface area contributed by atoms with Gasteiger partial charge in [0.05, 0.1) is 6.61 Å². The van der Waals surface area contributed by atoms with Gasteiger partial charge in [0.2, 0.25) is 0 Å². The Kier molecular flexibility index (Phi) is 10.9. The van der Waals surface area contributed by atoms with Crippen molar-refractivity contribution >= 4 is 46.9 Å². The molecule has 236 valence electrons. The van der Waals surface area contributed by atoms with Gasteiger partial charge in [-0.05, 0) is 82.5 Å². The molecule has 1 fully saturated rings. The number of hydrogen-bond donors (Lipinski definition) is 0. The highest BCUT2D eigenvalue weighted by molar-refractivity contribution is 9.10. The van der Waals surface area contributed by atoms with Crippen molar-refractivity contribution in [2.24, 2.45) is 0 Å². The van der Waals surface area contributed by atoms with Crippen molar-refractivity contribution < 1.29 is 27.5 Å². The summed E-state index contributed by atoms with van der Waals surface area (Å²) in [6.07, 6.45) is -0.142. The summed E-state index contributed by atoms with van der Waals surface area (Å²) in [6, 6.07) is 3.71. The molecule has 0 amide bonds. The minimum absolute atomic E-state index is 0.0126. The first-order valence-electron chi connectivity index (χ1n) is 14.7. The van der Waals surface area contributed by atoms with Crippen LogP contribution < -0.4 is 0 Å². The van der Waals surface area contributed by atoms with Crippen molar-refractivity contribution in [2.45, 2.75) is 148 Å². The second-order valence-electron chi connectivity index (χ2n) is 16.0. The van der Waals surface area contributed by atoms with Crippen molar-refractivity contribution in [1.29, 1.82) is 0 Å². The van der Waals surface area contributed by atoms with Gasteiger partial charge in [0.15, 0.2) is 25.0 Å². The highest BCUT2D eigenvalue weighted by atomic mass is 79.9. The molecule has 0 saturated carbocycles. The molecular weight excluding hydrogens is 634 g/mol. The lowest BCUT2D eigenvalue weighted by Crippen LogP contribution is -2.57. The number of nitrogens with zero attached hydrogens (tertiary/aromatic N) is 1. The van der Waals surface area contributed by atoms with Crippen LogP contribution in [0.3, 0.4) is 0 Å². The van der Waals surface area contributed by atoms with Gasteiger partial charge in [-0.2, -0.15) is 0 Å². The molecule has 1 saturated heterocycles. The minimum Gasteiger partial charge on any atom is -0.424 e. The largest absolute Gasteiger partial charge is 0.424 e. The van der Waals surface area contributed by atoms with Gasteiger partial charge < -0.3 is 22.8 Å². The maximum Gasteiger partial charge on any atom is 0.305 e. The minimum atomic E-state index is -2.44. The molecule has 0 N–H and O–H groups in total. The molecule has 1 aliphatic rings. The molecule has 41 heavy (non-hydrogen) atoms. The highest BCUT2D eigenvalue weighted by Gasteiger charge is 2.64. The Morgan fingerprint density at radius 2 is 1.37 bits per heavy atom. The number of ether oxygens (including phenoxy) is 2. The molecule has 2 rings (SSSR count). The Morgan fingerprint density at radius 3 is 1.78 bits per heavy atom. The van der Waals surface area contributed by atoms with Crippen LogP contribution in [0.2, 0.25) is 54.4 Å². The summed E-state index contributed by atoms with van der Waals surface area (Å²) in [5.74, 6) is -2.08. The smallest absolute Gasteiger partial charge is 0.305 e. The third-order valence-electron chi connectivity index (χ3n) is 9.62. The fourth-order valence-corrected chi connectivity index (χ4v) is 7.67. The molecule has 0 bridgehead atoms. The van der Waals surface area contributed by atoms with Crippen LogP contribution in [-0.4, -0.2) is 60.8 Å². The molecule has 0 spiro atoms. The zero-order valence-corrected chi connectivity index (χ0v) is 33.0. The molecule has 4 atom stereocenters. The van der Waals surface area contributed by atoms with Gasteiger partial charge in [0.25, 0.3) is 5.79 Å². The summed E-state index contributed by atoms with van der Waals surface area (Å²) in [5, 5.41) is -0.167. The SMILES string of the molecule is CC(=O)O[C@]1(c2ccc(Br)cn2)O[C@H](CO[Si](C)(C)C(C)(C)C)[C@@H](O[Si](C)(C)C(C)(C)C)[C@H]1O[Si](C)(C)C(C)(C)C. The third kappa shape index (κ3) is 8.20. The molecule has 11 heteroatoms. The number of rotatable bonds is 9. The van der Waals surface area contributed by atoms with E-state index in [1.165, 1.54) is 6.92 Å². The summed E-state index contributed by atoms with van der Waals surface area (Å²) in [7, 11) is -6.94. The number of carbonyl (C=O) groups excluding carboxylic acids is 1. The lowest BCUT2D eigenvalue weighted by Gasteiger charge is -2.45. The van der Waals surface area contributed by atoms with E-state index in [9.17, 15) is 4.79 Å². The van der Waals surface area contributed by atoms with Crippen LogP contribution in [0.25, 0.3) is 0 Å². The van der Waals surface area contributed by atoms with Crippen LogP contribution >= 0.6 is 15.9 Å². The molecule has 0 aromatic carbocycles. The van der Waals surface area contributed by atoms with Gasteiger partial charge >= 0.3 is 5.97 Å². The van der Waals surface area contributed by atoms with E-state index in [1.54, 1.807) is 6.20 Å². The number of aromatic nitrogens is 1. The zero-order chi connectivity index (χ0) is 32.0. The second kappa shape index (κ2) is 12.2. The molecule has 0 radical (unpaired) electrons. The first kappa shape index (κ1) is 36.8. The first-order chi connectivity index (χ1) is 18.2. The number of hydrogen-bond acceptors (Lipinski definition) is 7. The van der Waals surface area contributed by atoms with Crippen LogP contribution in [0, 0.1) is 0 Å². The van der Waals surface area contributed by atoms with Crippen molar-refractivity contribution in [3.05, 3.63) is 28.5 Å². The van der Waals surface area contributed by atoms with Crippen molar-refractivity contribution in [1.82, 2.24) is 4.98 Å². The number of carbonyl (C=O) groups is 1. The topological polar surface area (TPSA) is 76.1 Å². The van der Waals surface area contributed by atoms with Crippen LogP contribution in [0.5, 0.6) is 0 Å². The summed E-state index contributed by atoms with van der Waals surface area (Å²) >= 11 is 3.49. The fraction of sp³-hybridized carbons (Fsp3) is 0.800. The maximum atomic E-state index is 12.8. The average Bonchev–Trinajstić information content (AvgIpc) is 3.02. The molecule has 1 aromatic heterocycles. The zero-order valence-electron chi connectivity index (χ0n) is 28.4. The summed E-state index contributed by atoms with van der Waals surface area (Å²) in [4.78, 5) is 17.5. The standard InChI is InChI=1S/C30H56BrNO6Si3/c1-21(33)35-30(24-18-17-22(31)19-32-24)26(38-41(15,16)29(8,9)10)25(37-40(13,14)28(5,6)7)23(36-30)20-34-39(11,12)27(2,3)4/h17-19,23,25-26H,20H2,1-16H3/t23-,25-,26-,30-/m1/s1. The number of pyridine rings is 1. The summed E-state index contributed by atoms with van der Waals surface area (Å²) in [6.45, 7) is 34.9. The summed E-state index contributed by atoms with van der Waals surface area (Å²) in [5.41, 5.74) is 0.471. The van der Waals surface area contributed by atoms with E-state index in [4.69, 9.17) is 27.7 Å². The van der Waals surface area contributed by atoms with Crippen LogP contribution in [0.4, 0.5) is 0 Å². The van der Waals surface area contributed by atoms with Gasteiger partial charge in [-0.1, -0.05) is 62.3 Å². The number of halogens is 1. The van der Waals surface area contributed by atoms with E-state index >= 15 is 0 Å². The fourth-order valence-electron chi connectivity index (χ4n) is 3.84. The monoisotopic (exact) mass is 689 g/mol. The lowest BCUT2D eigenvalue weighted by molar-refractivity contribution is -0.257. The quantitative estimate of drug-likeness (QED) is 0.189. The average molecular weight is 691 g/mol. The Hall–Kier alpha value is -0.409. The molecule has 1 aliphatic heterocycles. The van der Waals surface area contributed by atoms with Gasteiger partial charge in [-0.3, -0.25) is 9.78 Å². The van der Waals surface area contributed by atoms with E-state index in [0.29, 0.717) is 12.3 Å². The molecule has 7 nitrogen and oxygen atoms in total.